The summed E-state index contributed by atoms with van der Waals surface area (Å²) in [6.07, 6.45) is 0. The minimum atomic E-state index is -0.445. The number of benzene rings is 2. The van der Waals surface area contributed by atoms with Crippen molar-refractivity contribution in [1.29, 1.82) is 0 Å². The Hall–Kier alpha value is -2.14. The first-order valence-electron chi connectivity index (χ1n) is 6.70. The van der Waals surface area contributed by atoms with Crippen LogP contribution in [0.25, 0.3) is 10.9 Å². The zero-order valence-corrected chi connectivity index (χ0v) is 13.4. The fourth-order valence-corrected chi connectivity index (χ4v) is 3.03. The van der Waals surface area contributed by atoms with Gasteiger partial charge in [-0.1, -0.05) is 30.3 Å². The topological polar surface area (TPSA) is 31.2 Å². The monoisotopic (exact) mass is 361 g/mol. The fraction of sp³-hybridized carbons (Fsp3) is 0.118. The van der Waals surface area contributed by atoms with Crippen LogP contribution in [0.15, 0.2) is 53.0 Å². The number of hydrogen-bond donors (Lipinski definition) is 0. The van der Waals surface area contributed by atoms with Gasteiger partial charge in [0.2, 0.25) is 0 Å². The number of nitrogens with zero attached hydrogens (tertiary/aromatic N) is 1. The number of carbonyl (C=O) groups excluding carboxylic acids is 1. The molecular weight excluding hydrogens is 349 g/mol. The van der Waals surface area contributed by atoms with Crippen LogP contribution in [0.5, 0.6) is 0 Å². The second-order valence-electron chi connectivity index (χ2n) is 4.91. The van der Waals surface area contributed by atoms with E-state index in [1.54, 1.807) is 10.6 Å². The maximum absolute atomic E-state index is 13.7. The normalized spacial score (nSPS) is 10.9. The molecule has 0 saturated carbocycles. The lowest BCUT2D eigenvalue weighted by atomic mass is 10.2. The molecule has 0 bridgehead atoms. The van der Waals surface area contributed by atoms with Crippen molar-refractivity contribution in [2.75, 3.05) is 7.11 Å². The van der Waals surface area contributed by atoms with Gasteiger partial charge in [-0.25, -0.2) is 9.18 Å². The van der Waals surface area contributed by atoms with Crippen LogP contribution in [0.4, 0.5) is 4.39 Å². The predicted molar refractivity (Wildman–Crippen MR) is 86.5 cm³/mol. The molecule has 0 fully saturated rings. The first kappa shape index (κ1) is 14.8. The van der Waals surface area contributed by atoms with Gasteiger partial charge >= 0.3 is 5.97 Å². The van der Waals surface area contributed by atoms with E-state index in [-0.39, 0.29) is 5.82 Å². The summed E-state index contributed by atoms with van der Waals surface area (Å²) in [6.45, 7) is 0.463. The highest BCUT2D eigenvalue weighted by atomic mass is 79.9. The van der Waals surface area contributed by atoms with Gasteiger partial charge in [-0.05, 0) is 39.7 Å². The molecule has 22 heavy (non-hydrogen) atoms. The van der Waals surface area contributed by atoms with Crippen molar-refractivity contribution in [2.45, 2.75) is 6.54 Å². The van der Waals surface area contributed by atoms with E-state index in [1.165, 1.54) is 19.2 Å². The summed E-state index contributed by atoms with van der Waals surface area (Å²) in [5, 5.41) is 0.776. The van der Waals surface area contributed by atoms with Crippen LogP contribution in [0, 0.1) is 5.82 Å². The third-order valence-electron chi connectivity index (χ3n) is 3.51. The van der Waals surface area contributed by atoms with Crippen molar-refractivity contribution >= 4 is 32.8 Å². The lowest BCUT2D eigenvalue weighted by molar-refractivity contribution is 0.0589. The van der Waals surface area contributed by atoms with Crippen LogP contribution in [0.2, 0.25) is 0 Å². The van der Waals surface area contributed by atoms with Gasteiger partial charge < -0.3 is 9.30 Å². The second kappa shape index (κ2) is 5.93. The van der Waals surface area contributed by atoms with Crippen LogP contribution < -0.4 is 0 Å². The summed E-state index contributed by atoms with van der Waals surface area (Å²) in [6, 6.07) is 14.2. The minimum Gasteiger partial charge on any atom is -0.464 e. The van der Waals surface area contributed by atoms with Crippen LogP contribution in [0.3, 0.4) is 0 Å². The van der Waals surface area contributed by atoms with Gasteiger partial charge in [0.1, 0.15) is 11.5 Å². The molecule has 0 saturated heterocycles. The molecule has 0 aliphatic heterocycles. The lowest BCUT2D eigenvalue weighted by Crippen LogP contribution is -2.11. The largest absolute Gasteiger partial charge is 0.464 e. The summed E-state index contributed by atoms with van der Waals surface area (Å²) in [7, 11) is 1.34. The highest BCUT2D eigenvalue weighted by Crippen LogP contribution is 2.29. The van der Waals surface area contributed by atoms with Crippen molar-refractivity contribution in [2.24, 2.45) is 0 Å². The Morgan fingerprint density at radius 1 is 1.23 bits per heavy atom. The smallest absolute Gasteiger partial charge is 0.354 e. The molecular formula is C17H13BrFNO2. The molecule has 0 aliphatic carbocycles. The first-order valence-corrected chi connectivity index (χ1v) is 7.50. The van der Waals surface area contributed by atoms with Gasteiger partial charge in [-0.3, -0.25) is 0 Å². The van der Waals surface area contributed by atoms with Crippen LogP contribution in [-0.2, 0) is 11.3 Å². The number of esters is 1. The highest BCUT2D eigenvalue weighted by Gasteiger charge is 2.18. The second-order valence-corrected chi connectivity index (χ2v) is 5.77. The average molecular weight is 362 g/mol. The molecule has 0 N–H and O–H groups in total. The van der Waals surface area contributed by atoms with Crippen LogP contribution in [0.1, 0.15) is 16.1 Å². The van der Waals surface area contributed by atoms with Gasteiger partial charge in [0.25, 0.3) is 0 Å². The number of carbonyl (C=O) groups is 1. The molecule has 1 heterocycles. The standard InChI is InChI=1S/C17H13BrFNO2/c1-22-17(21)16-9-13-14(18)7-12(19)8-15(13)20(16)10-11-5-3-2-4-6-11/h2-9H,10H2,1H3. The molecule has 0 amide bonds. The molecule has 3 nitrogen and oxygen atoms in total. The van der Waals surface area contributed by atoms with Gasteiger partial charge in [-0.15, -0.1) is 0 Å². The molecule has 3 rings (SSSR count). The molecule has 0 unspecified atom stereocenters. The Bertz CT molecular complexity index is 843. The van der Waals surface area contributed by atoms with Gasteiger partial charge in [0.15, 0.2) is 0 Å². The Morgan fingerprint density at radius 3 is 2.64 bits per heavy atom. The Morgan fingerprint density at radius 2 is 1.95 bits per heavy atom. The average Bonchev–Trinajstić information content (AvgIpc) is 2.87. The van der Waals surface area contributed by atoms with Crippen molar-refractivity contribution < 1.29 is 13.9 Å². The molecule has 112 valence electrons. The summed E-state index contributed by atoms with van der Waals surface area (Å²) >= 11 is 3.35. The first-order chi connectivity index (χ1) is 10.6. The zero-order chi connectivity index (χ0) is 15.7. The predicted octanol–water partition coefficient (Wildman–Crippen LogP) is 4.38. The third kappa shape index (κ3) is 2.64. The Kier molecular flexibility index (Phi) is 3.98. The number of fused-ring (bicyclic) bond motifs is 1. The summed E-state index contributed by atoms with van der Waals surface area (Å²) in [4.78, 5) is 12.0. The number of halogens is 2. The number of aromatic nitrogens is 1. The summed E-state index contributed by atoms with van der Waals surface area (Å²) in [5.74, 6) is -0.803. The van der Waals surface area contributed by atoms with E-state index in [1.807, 2.05) is 30.3 Å². The maximum Gasteiger partial charge on any atom is 0.354 e. The van der Waals surface area contributed by atoms with Gasteiger partial charge in [0.05, 0.1) is 12.6 Å². The molecule has 0 spiro atoms. The van der Waals surface area contributed by atoms with Crippen molar-refractivity contribution in [3.8, 4) is 0 Å². The van der Waals surface area contributed by atoms with Crippen molar-refractivity contribution in [3.63, 3.8) is 0 Å². The number of ether oxygens (including phenoxy) is 1. The molecule has 0 radical (unpaired) electrons. The summed E-state index contributed by atoms with van der Waals surface area (Å²) in [5.41, 5.74) is 2.06. The van der Waals surface area contributed by atoms with Gasteiger partial charge in [-0.2, -0.15) is 0 Å². The summed E-state index contributed by atoms with van der Waals surface area (Å²) < 4.78 is 21.0. The third-order valence-corrected chi connectivity index (χ3v) is 4.17. The van der Waals surface area contributed by atoms with E-state index in [0.29, 0.717) is 22.2 Å². The van der Waals surface area contributed by atoms with E-state index in [0.717, 1.165) is 10.9 Å². The molecule has 0 atom stereocenters. The highest BCUT2D eigenvalue weighted by molar-refractivity contribution is 9.10. The van der Waals surface area contributed by atoms with Crippen LogP contribution >= 0.6 is 15.9 Å². The molecule has 2 aromatic carbocycles. The van der Waals surface area contributed by atoms with E-state index < -0.39 is 5.97 Å². The van der Waals surface area contributed by atoms with Gasteiger partial charge in [0, 0.05) is 16.4 Å². The van der Waals surface area contributed by atoms with Crippen LogP contribution in [-0.4, -0.2) is 17.6 Å². The SMILES string of the molecule is COC(=O)c1cc2c(Br)cc(F)cc2n1Cc1ccccc1. The quantitative estimate of drug-likeness (QED) is 0.648. The molecule has 5 heteroatoms. The molecule has 1 aromatic heterocycles. The molecule has 0 aliphatic rings. The Labute approximate surface area is 135 Å². The van der Waals surface area contributed by atoms with E-state index >= 15 is 0 Å². The van der Waals surface area contributed by atoms with E-state index in [2.05, 4.69) is 15.9 Å². The number of methoxy groups -OCH3 is 1. The van der Waals surface area contributed by atoms with E-state index in [9.17, 15) is 9.18 Å². The van der Waals surface area contributed by atoms with Crippen molar-refractivity contribution in [3.05, 3.63) is 70.1 Å². The minimum absolute atomic E-state index is 0.358. The fourth-order valence-electron chi connectivity index (χ4n) is 2.49. The maximum atomic E-state index is 13.7. The Balaban J connectivity index is 2.22. The molecule has 3 aromatic rings. The number of rotatable bonds is 3. The lowest BCUT2D eigenvalue weighted by Gasteiger charge is -2.10. The zero-order valence-electron chi connectivity index (χ0n) is 11.8. The van der Waals surface area contributed by atoms with E-state index in [4.69, 9.17) is 4.74 Å². The van der Waals surface area contributed by atoms with Crippen molar-refractivity contribution in [1.82, 2.24) is 4.57 Å². The number of hydrogen-bond acceptors (Lipinski definition) is 2.